The van der Waals surface area contributed by atoms with Crippen molar-refractivity contribution in [3.63, 3.8) is 0 Å². The molecule has 1 aliphatic heterocycles. The van der Waals surface area contributed by atoms with Crippen LogP contribution in [-0.4, -0.2) is 133 Å². The van der Waals surface area contributed by atoms with Gasteiger partial charge in [0.05, 0.1) is 12.1 Å². The summed E-state index contributed by atoms with van der Waals surface area (Å²) in [4.78, 5) is 129. The summed E-state index contributed by atoms with van der Waals surface area (Å²) in [5, 5.41) is 31.9. The zero-order chi connectivity index (χ0) is 59.3. The van der Waals surface area contributed by atoms with E-state index < -0.39 is 108 Å². The summed E-state index contributed by atoms with van der Waals surface area (Å²) in [6, 6.07) is 14.1. The number of fused-ring (bicyclic) bond motifs is 1. The highest BCUT2D eigenvalue weighted by Crippen LogP contribution is 2.22. The largest absolute Gasteiger partial charge is 0.393 e. The number of rotatable bonds is 26. The molecule has 3 aromatic rings. The Balaban J connectivity index is 1.79. The number of carbonyl (C=O) groups is 9. The van der Waals surface area contributed by atoms with Crippen LogP contribution in [-0.2, 0) is 56.0 Å². The highest BCUT2D eigenvalue weighted by molar-refractivity contribution is 5.98. The number of nitrogens with one attached hydrogen (secondary N) is 7. The average molecular weight is 1130 g/mol. The predicted molar refractivity (Wildman–Crippen MR) is 311 cm³/mol. The molecule has 1 saturated heterocycles. The molecule has 21 heteroatoms. The Bertz CT molecular complexity index is 2510. The van der Waals surface area contributed by atoms with Crippen molar-refractivity contribution in [3.05, 3.63) is 83.9 Å². The molecule has 3 aromatic carbocycles. The molecule has 0 radical (unpaired) electrons. The van der Waals surface area contributed by atoms with Gasteiger partial charge in [0, 0.05) is 50.5 Å². The number of aliphatic hydroxyl groups is 1. The van der Waals surface area contributed by atoms with Crippen LogP contribution in [0.3, 0.4) is 0 Å². The number of amides is 7. The Kier molecular flexibility index (Phi) is 29.7. The van der Waals surface area contributed by atoms with Gasteiger partial charge >= 0.3 is 0 Å². The van der Waals surface area contributed by atoms with E-state index in [-0.39, 0.29) is 109 Å². The quantitative estimate of drug-likeness (QED) is 0.0510. The van der Waals surface area contributed by atoms with Gasteiger partial charge in [-0.25, -0.2) is 0 Å². The van der Waals surface area contributed by atoms with E-state index in [4.69, 9.17) is 22.9 Å². The molecule has 446 valence electrons. The van der Waals surface area contributed by atoms with E-state index in [1.807, 2.05) is 56.3 Å². The third kappa shape index (κ3) is 23.0. The van der Waals surface area contributed by atoms with Crippen LogP contribution in [0, 0.1) is 17.8 Å². The highest BCUT2D eigenvalue weighted by Gasteiger charge is 2.36. The Hall–Kier alpha value is -6.65. The van der Waals surface area contributed by atoms with Gasteiger partial charge in [0.15, 0.2) is 5.78 Å². The lowest BCUT2D eigenvalue weighted by Crippen LogP contribution is -2.60. The van der Waals surface area contributed by atoms with Gasteiger partial charge in [-0.05, 0) is 98.9 Å². The van der Waals surface area contributed by atoms with Crippen LogP contribution in [0.5, 0.6) is 0 Å². The van der Waals surface area contributed by atoms with Gasteiger partial charge in [0.1, 0.15) is 36.0 Å². The lowest BCUT2D eigenvalue weighted by Gasteiger charge is -2.28. The minimum atomic E-state index is -1.35. The van der Waals surface area contributed by atoms with Crippen molar-refractivity contribution in [3.8, 4) is 0 Å². The predicted octanol–water partition coefficient (Wildman–Crippen LogP) is 1.76. The molecule has 21 nitrogen and oxygen atoms in total. The molecule has 0 aromatic heterocycles. The topological polar surface area (TPSA) is 362 Å². The zero-order valence-corrected chi connectivity index (χ0v) is 47.7. The van der Waals surface area contributed by atoms with E-state index >= 15 is 0 Å². The average Bonchev–Trinajstić information content (AvgIpc) is 3.43. The number of nitrogens with two attached hydrogens (primary N) is 4. The second-order valence-electron chi connectivity index (χ2n) is 21.8. The third-order valence-electron chi connectivity index (χ3n) is 14.6. The molecule has 16 N–H and O–H groups in total. The van der Waals surface area contributed by atoms with Gasteiger partial charge in [-0.15, -0.1) is 0 Å². The molecular weight excluding hydrogens is 1030 g/mol. The Morgan fingerprint density at radius 3 is 1.81 bits per heavy atom. The summed E-state index contributed by atoms with van der Waals surface area (Å²) < 4.78 is 0. The van der Waals surface area contributed by atoms with Crippen molar-refractivity contribution in [1.82, 2.24) is 37.2 Å². The smallest absolute Gasteiger partial charge is 0.243 e. The number of carbonyl (C=O) groups excluding carboxylic acids is 9. The molecular formula is C60H91N11O10. The first-order valence-corrected chi connectivity index (χ1v) is 29.0. The van der Waals surface area contributed by atoms with Crippen molar-refractivity contribution in [2.24, 2.45) is 40.7 Å². The number of benzene rings is 3. The molecule has 7 amide bonds. The normalized spacial score (nSPS) is 22.1. The zero-order valence-electron chi connectivity index (χ0n) is 47.7. The van der Waals surface area contributed by atoms with Crippen LogP contribution in [0.2, 0.25) is 0 Å². The van der Waals surface area contributed by atoms with Gasteiger partial charge in [0.2, 0.25) is 41.4 Å². The van der Waals surface area contributed by atoms with Crippen molar-refractivity contribution in [2.45, 2.75) is 172 Å². The summed E-state index contributed by atoms with van der Waals surface area (Å²) in [6.07, 6.45) is 3.24. The summed E-state index contributed by atoms with van der Waals surface area (Å²) in [7, 11) is 0. The molecule has 81 heavy (non-hydrogen) atoms. The van der Waals surface area contributed by atoms with Crippen molar-refractivity contribution in [2.75, 3.05) is 32.7 Å². The maximum atomic E-state index is 14.7. The first-order chi connectivity index (χ1) is 38.9. The minimum Gasteiger partial charge on any atom is -0.393 e. The fourth-order valence-corrected chi connectivity index (χ4v) is 10.1. The van der Waals surface area contributed by atoms with E-state index in [0.717, 1.165) is 42.9 Å². The molecule has 0 unspecified atom stereocenters. The van der Waals surface area contributed by atoms with Gasteiger partial charge in [-0.2, -0.15) is 0 Å². The van der Waals surface area contributed by atoms with Crippen molar-refractivity contribution in [1.29, 1.82) is 0 Å². The second-order valence-corrected chi connectivity index (χ2v) is 21.8. The van der Waals surface area contributed by atoms with Crippen LogP contribution in [0.25, 0.3) is 10.8 Å². The summed E-state index contributed by atoms with van der Waals surface area (Å²) in [5.74, 6) is -8.31. The van der Waals surface area contributed by atoms with Gasteiger partial charge in [-0.1, -0.05) is 126 Å². The van der Waals surface area contributed by atoms with Crippen molar-refractivity contribution >= 4 is 63.7 Å². The molecule has 0 aliphatic carbocycles. The molecule has 9 atom stereocenters. The van der Waals surface area contributed by atoms with Gasteiger partial charge in [0.25, 0.3) is 0 Å². The third-order valence-corrected chi connectivity index (χ3v) is 14.6. The van der Waals surface area contributed by atoms with E-state index in [1.165, 1.54) is 0 Å². The van der Waals surface area contributed by atoms with Crippen LogP contribution in [0.1, 0.15) is 128 Å². The number of aliphatic hydroxyl groups excluding tert-OH is 1. The first-order valence-electron chi connectivity index (χ1n) is 29.0. The summed E-state index contributed by atoms with van der Waals surface area (Å²) >= 11 is 0. The number of hydrogen-bond donors (Lipinski definition) is 12. The SMILES string of the molecule is CCCCCCC[C@@H](O)CC(=O)C[C@H](CCN)C(=O)N[C@H]1CCNC(=O)[C@H](Cc2cccc3ccccc23)NC(=O)[C@H](CCN)NC(=O)[C@H](CCN)NC(=O)[C@H](CC(C)C)NC(=O)[C@@H](Cc2ccccc2)NC(=O)[C@H](CCN)CC1=O. The molecule has 4 rings (SSSR count). The maximum Gasteiger partial charge on any atom is 0.243 e. The molecule has 1 heterocycles. The standard InChI is InChI=1S/C60H91N11O10/c1-4-5-6-7-11-20-44(72)37-45(73)34-42(22-27-61)54(75)66-47-26-31-65-56(77)52(35-41-19-14-18-40-17-12-13-21-46(40)41)71-58(79)49(25-30-64)67-57(78)48(24-29-63)68-59(80)50(32-38(2)3)70-60(81)51(33-39-15-9-8-10-16-39)69-55(76)43(23-28-62)36-53(47)74/h8-10,12-19,21,38,42-44,47-52,72H,4-7,11,20,22-37,61-64H2,1-3H3,(H,65,77)(H,66,75)(H,67,78)(H,68,80)(H,69,76)(H,70,81)(H,71,79)/t42-,43+,44+,47-,48-,49-,50-,51+,52-/m0/s1. The number of Topliss-reactive ketones (excluding diaryl/α,β-unsaturated/α-hetero) is 2. The number of hydrogen-bond acceptors (Lipinski definition) is 14. The summed E-state index contributed by atoms with van der Waals surface area (Å²) in [6.45, 7) is 5.39. The van der Waals surface area contributed by atoms with Crippen molar-refractivity contribution < 1.29 is 48.3 Å². The lowest BCUT2D eigenvalue weighted by atomic mass is 9.91. The van der Waals surface area contributed by atoms with E-state index in [1.54, 1.807) is 30.3 Å². The van der Waals surface area contributed by atoms with Gasteiger partial charge < -0.3 is 65.3 Å². The fourth-order valence-electron chi connectivity index (χ4n) is 10.1. The van der Waals surface area contributed by atoms with Gasteiger partial charge in [-0.3, -0.25) is 43.2 Å². The highest BCUT2D eigenvalue weighted by atomic mass is 16.3. The minimum absolute atomic E-state index is 0.0211. The van der Waals surface area contributed by atoms with Crippen LogP contribution >= 0.6 is 0 Å². The maximum absolute atomic E-state index is 14.7. The van der Waals surface area contributed by atoms with Crippen LogP contribution < -0.4 is 60.2 Å². The number of ketones is 2. The monoisotopic (exact) mass is 1130 g/mol. The number of unbranched alkanes of at least 4 members (excludes halogenated alkanes) is 4. The van der Waals surface area contributed by atoms with Crippen LogP contribution in [0.15, 0.2) is 72.8 Å². The molecule has 1 aliphatic rings. The first kappa shape index (κ1) is 66.9. The Morgan fingerprint density at radius 1 is 0.605 bits per heavy atom. The molecule has 1 fully saturated rings. The molecule has 0 saturated carbocycles. The second kappa shape index (κ2) is 35.9. The van der Waals surface area contributed by atoms with E-state index in [0.29, 0.717) is 17.5 Å². The lowest BCUT2D eigenvalue weighted by molar-refractivity contribution is -0.136. The Labute approximate surface area is 477 Å². The summed E-state index contributed by atoms with van der Waals surface area (Å²) in [5.41, 5.74) is 25.4. The van der Waals surface area contributed by atoms with E-state index in [2.05, 4.69) is 44.1 Å². The Morgan fingerprint density at radius 2 is 1.17 bits per heavy atom. The molecule has 0 bridgehead atoms. The fraction of sp³-hybridized carbons (Fsp3) is 0.583. The van der Waals surface area contributed by atoms with E-state index in [9.17, 15) is 48.3 Å². The van der Waals surface area contributed by atoms with Crippen LogP contribution in [0.4, 0.5) is 0 Å². The molecule has 0 spiro atoms.